The number of nitrogens with zero attached hydrogens (tertiary/aromatic N) is 1. The zero-order chi connectivity index (χ0) is 15.5. The lowest BCUT2D eigenvalue weighted by molar-refractivity contribution is 0.319. The van der Waals surface area contributed by atoms with Crippen LogP contribution in [0.3, 0.4) is 0 Å². The SMILES string of the molecule is CCN(CC1CCCCN1)S(=O)(=O)c1cc(Cl)ccc1Cl. The average Bonchev–Trinajstić information content (AvgIpc) is 2.48. The summed E-state index contributed by atoms with van der Waals surface area (Å²) < 4.78 is 27.0. The molecular weight excluding hydrogens is 331 g/mol. The second kappa shape index (κ2) is 7.29. The molecule has 0 amide bonds. The summed E-state index contributed by atoms with van der Waals surface area (Å²) in [5.41, 5.74) is 0. The van der Waals surface area contributed by atoms with E-state index in [-0.39, 0.29) is 16.0 Å². The molecule has 1 aromatic carbocycles. The molecule has 1 heterocycles. The van der Waals surface area contributed by atoms with Crippen LogP contribution in [-0.2, 0) is 10.0 Å². The second-order valence-corrected chi connectivity index (χ2v) is 7.93. The topological polar surface area (TPSA) is 49.4 Å². The third-order valence-electron chi connectivity index (χ3n) is 3.70. The number of hydrogen-bond acceptors (Lipinski definition) is 3. The van der Waals surface area contributed by atoms with Crippen LogP contribution in [0.4, 0.5) is 0 Å². The summed E-state index contributed by atoms with van der Waals surface area (Å²) in [7, 11) is -3.63. The van der Waals surface area contributed by atoms with Gasteiger partial charge in [-0.1, -0.05) is 36.5 Å². The molecule has 1 aromatic rings. The highest BCUT2D eigenvalue weighted by atomic mass is 35.5. The monoisotopic (exact) mass is 350 g/mol. The van der Waals surface area contributed by atoms with Gasteiger partial charge in [0.15, 0.2) is 0 Å². The normalized spacial score (nSPS) is 19.9. The average molecular weight is 351 g/mol. The van der Waals surface area contributed by atoms with Gasteiger partial charge in [0.2, 0.25) is 10.0 Å². The zero-order valence-corrected chi connectivity index (χ0v) is 14.3. The van der Waals surface area contributed by atoms with Crippen LogP contribution in [0.1, 0.15) is 26.2 Å². The van der Waals surface area contributed by atoms with Crippen molar-refractivity contribution in [2.75, 3.05) is 19.6 Å². The molecule has 0 saturated carbocycles. The number of halogens is 2. The fourth-order valence-corrected chi connectivity index (χ4v) is 4.77. The van der Waals surface area contributed by atoms with E-state index in [0.717, 1.165) is 25.8 Å². The first-order valence-electron chi connectivity index (χ1n) is 7.13. The van der Waals surface area contributed by atoms with Gasteiger partial charge in [0.1, 0.15) is 4.90 Å². The molecule has 21 heavy (non-hydrogen) atoms. The van der Waals surface area contributed by atoms with Crippen molar-refractivity contribution in [3.63, 3.8) is 0 Å². The van der Waals surface area contributed by atoms with Crippen LogP contribution in [0.15, 0.2) is 23.1 Å². The first-order valence-corrected chi connectivity index (χ1v) is 9.33. The van der Waals surface area contributed by atoms with Crippen LogP contribution in [0.2, 0.25) is 10.0 Å². The van der Waals surface area contributed by atoms with Crippen LogP contribution < -0.4 is 5.32 Å². The smallest absolute Gasteiger partial charge is 0.244 e. The molecule has 7 heteroatoms. The summed E-state index contributed by atoms with van der Waals surface area (Å²) in [5, 5.41) is 3.94. The highest BCUT2D eigenvalue weighted by molar-refractivity contribution is 7.89. The molecule has 1 fully saturated rings. The van der Waals surface area contributed by atoms with Crippen molar-refractivity contribution in [3.8, 4) is 0 Å². The maximum absolute atomic E-state index is 12.8. The molecule has 1 unspecified atom stereocenters. The maximum Gasteiger partial charge on any atom is 0.244 e. The van der Waals surface area contributed by atoms with Crippen molar-refractivity contribution in [2.24, 2.45) is 0 Å². The van der Waals surface area contributed by atoms with E-state index in [1.54, 1.807) is 6.07 Å². The van der Waals surface area contributed by atoms with E-state index in [1.807, 2.05) is 6.92 Å². The molecule has 0 aliphatic carbocycles. The highest BCUT2D eigenvalue weighted by Crippen LogP contribution is 2.28. The Morgan fingerprint density at radius 1 is 1.33 bits per heavy atom. The van der Waals surface area contributed by atoms with E-state index in [9.17, 15) is 8.42 Å². The van der Waals surface area contributed by atoms with Gasteiger partial charge in [0, 0.05) is 24.2 Å². The number of benzene rings is 1. The highest BCUT2D eigenvalue weighted by Gasteiger charge is 2.28. The van der Waals surface area contributed by atoms with Crippen molar-refractivity contribution >= 4 is 33.2 Å². The minimum absolute atomic E-state index is 0.0781. The molecule has 1 aliphatic rings. The Balaban J connectivity index is 2.24. The molecule has 0 radical (unpaired) electrons. The van der Waals surface area contributed by atoms with Crippen LogP contribution in [-0.4, -0.2) is 38.4 Å². The van der Waals surface area contributed by atoms with Gasteiger partial charge in [-0.3, -0.25) is 0 Å². The Kier molecular flexibility index (Phi) is 5.91. The standard InChI is InChI=1S/C14H20Cl2N2O2S/c1-2-18(10-12-5-3-4-8-17-12)21(19,20)14-9-11(15)6-7-13(14)16/h6-7,9,12,17H,2-5,8,10H2,1H3. The van der Waals surface area contributed by atoms with Crippen molar-refractivity contribution in [1.29, 1.82) is 0 Å². The van der Waals surface area contributed by atoms with E-state index in [2.05, 4.69) is 5.32 Å². The van der Waals surface area contributed by atoms with Crippen molar-refractivity contribution in [3.05, 3.63) is 28.2 Å². The van der Waals surface area contributed by atoms with E-state index >= 15 is 0 Å². The predicted molar refractivity (Wildman–Crippen MR) is 86.5 cm³/mol. The second-order valence-electron chi connectivity index (χ2n) is 5.18. The summed E-state index contributed by atoms with van der Waals surface area (Å²) in [6, 6.07) is 4.72. The van der Waals surface area contributed by atoms with Gasteiger partial charge in [-0.25, -0.2) is 8.42 Å². The van der Waals surface area contributed by atoms with E-state index in [0.29, 0.717) is 18.1 Å². The molecule has 118 valence electrons. The number of likely N-dealkylation sites (N-methyl/N-ethyl adjacent to an activating group) is 1. The quantitative estimate of drug-likeness (QED) is 0.887. The van der Waals surface area contributed by atoms with Crippen LogP contribution >= 0.6 is 23.2 Å². The third-order valence-corrected chi connectivity index (χ3v) is 6.36. The Hall–Kier alpha value is -0.330. The minimum Gasteiger partial charge on any atom is -0.313 e. The third kappa shape index (κ3) is 4.11. The summed E-state index contributed by atoms with van der Waals surface area (Å²) in [5.74, 6) is 0. The number of rotatable bonds is 5. The van der Waals surface area contributed by atoms with Crippen molar-refractivity contribution < 1.29 is 8.42 Å². The van der Waals surface area contributed by atoms with E-state index < -0.39 is 10.0 Å². The van der Waals surface area contributed by atoms with Gasteiger partial charge in [-0.05, 0) is 37.6 Å². The number of sulfonamides is 1. The van der Waals surface area contributed by atoms with Gasteiger partial charge in [-0.2, -0.15) is 4.31 Å². The van der Waals surface area contributed by atoms with Gasteiger partial charge >= 0.3 is 0 Å². The molecule has 1 saturated heterocycles. The Bertz CT molecular complexity index is 587. The maximum atomic E-state index is 12.8. The minimum atomic E-state index is -3.63. The van der Waals surface area contributed by atoms with E-state index in [1.165, 1.54) is 16.4 Å². The molecule has 1 aliphatic heterocycles. The van der Waals surface area contributed by atoms with Crippen LogP contribution in [0, 0.1) is 0 Å². The molecule has 1 N–H and O–H groups in total. The molecule has 0 aromatic heterocycles. The lowest BCUT2D eigenvalue weighted by Crippen LogP contribution is -2.45. The summed E-state index contributed by atoms with van der Waals surface area (Å²) in [4.78, 5) is 0.0781. The lowest BCUT2D eigenvalue weighted by Gasteiger charge is -2.29. The van der Waals surface area contributed by atoms with Gasteiger partial charge in [-0.15, -0.1) is 0 Å². The number of nitrogens with one attached hydrogen (secondary N) is 1. The Labute approximate surface area is 136 Å². The number of piperidine rings is 1. The van der Waals surface area contributed by atoms with Crippen LogP contribution in [0.5, 0.6) is 0 Å². The zero-order valence-electron chi connectivity index (χ0n) is 12.0. The summed E-state index contributed by atoms with van der Waals surface area (Å²) >= 11 is 12.0. The fraction of sp³-hybridized carbons (Fsp3) is 0.571. The molecular formula is C14H20Cl2N2O2S. The molecule has 2 rings (SSSR count). The van der Waals surface area contributed by atoms with Crippen molar-refractivity contribution in [1.82, 2.24) is 9.62 Å². The first-order chi connectivity index (χ1) is 9.95. The largest absolute Gasteiger partial charge is 0.313 e. The lowest BCUT2D eigenvalue weighted by atomic mass is 10.1. The summed E-state index contributed by atoms with van der Waals surface area (Å²) in [6.07, 6.45) is 3.28. The molecule has 0 spiro atoms. The van der Waals surface area contributed by atoms with Crippen LogP contribution in [0.25, 0.3) is 0 Å². The predicted octanol–water partition coefficient (Wildman–Crippen LogP) is 3.15. The summed E-state index contributed by atoms with van der Waals surface area (Å²) in [6.45, 7) is 3.64. The molecule has 4 nitrogen and oxygen atoms in total. The molecule has 0 bridgehead atoms. The van der Waals surface area contributed by atoms with E-state index in [4.69, 9.17) is 23.2 Å². The van der Waals surface area contributed by atoms with Gasteiger partial charge in [0.05, 0.1) is 5.02 Å². The van der Waals surface area contributed by atoms with Gasteiger partial charge < -0.3 is 5.32 Å². The number of hydrogen-bond donors (Lipinski definition) is 1. The van der Waals surface area contributed by atoms with Crippen molar-refractivity contribution in [2.45, 2.75) is 37.1 Å². The Morgan fingerprint density at radius 3 is 2.71 bits per heavy atom. The Morgan fingerprint density at radius 2 is 2.10 bits per heavy atom. The van der Waals surface area contributed by atoms with Gasteiger partial charge in [0.25, 0.3) is 0 Å². The molecule has 1 atom stereocenters. The fourth-order valence-electron chi connectivity index (χ4n) is 2.54. The first kappa shape index (κ1) is 17.0.